The van der Waals surface area contributed by atoms with E-state index >= 15 is 0 Å². The van der Waals surface area contributed by atoms with Crippen LogP contribution in [0.4, 0.5) is 0 Å². The lowest BCUT2D eigenvalue weighted by Crippen LogP contribution is -2.30. The average Bonchev–Trinajstić information content (AvgIpc) is 2.09. The number of thioether (sulfide) groups is 1. The number of nitrogens with two attached hydrogens (primary N) is 1. The smallest absolute Gasteiger partial charge is 0.0481 e. The molecule has 0 amide bonds. The van der Waals surface area contributed by atoms with Gasteiger partial charge in [0.15, 0.2) is 0 Å². The van der Waals surface area contributed by atoms with Crippen molar-refractivity contribution in [2.75, 3.05) is 18.9 Å². The molecule has 2 unspecified atom stereocenters. The summed E-state index contributed by atoms with van der Waals surface area (Å²) in [4.78, 5) is 0. The number of hydrogen-bond donors (Lipinski definition) is 2. The Balaban J connectivity index is 2.30. The fourth-order valence-electron chi connectivity index (χ4n) is 1.48. The van der Waals surface area contributed by atoms with E-state index in [0.717, 1.165) is 0 Å². The maximum Gasteiger partial charge on any atom is 0.0481 e. The second-order valence-corrected chi connectivity index (χ2v) is 4.43. The maximum absolute atomic E-state index is 8.98. The van der Waals surface area contributed by atoms with Gasteiger partial charge in [-0.1, -0.05) is 6.42 Å². The molecule has 1 aliphatic rings. The van der Waals surface area contributed by atoms with Crippen LogP contribution in [0.25, 0.3) is 0 Å². The Morgan fingerprint density at radius 2 is 2.36 bits per heavy atom. The Morgan fingerprint density at radius 1 is 1.55 bits per heavy atom. The first-order valence-corrected chi connectivity index (χ1v) is 5.36. The Morgan fingerprint density at radius 3 is 2.82 bits per heavy atom. The first-order valence-electron chi connectivity index (χ1n) is 4.31. The summed E-state index contributed by atoms with van der Waals surface area (Å²) < 4.78 is 0. The van der Waals surface area contributed by atoms with Crippen molar-refractivity contribution < 1.29 is 5.11 Å². The summed E-state index contributed by atoms with van der Waals surface area (Å²) in [5.74, 6) is 1.58. The molecule has 1 aliphatic heterocycles. The van der Waals surface area contributed by atoms with Crippen molar-refractivity contribution in [1.29, 1.82) is 0 Å². The molecule has 0 bridgehead atoms. The van der Waals surface area contributed by atoms with E-state index in [4.69, 9.17) is 10.8 Å². The zero-order chi connectivity index (χ0) is 8.10. The van der Waals surface area contributed by atoms with Crippen LogP contribution in [0.15, 0.2) is 0 Å². The summed E-state index contributed by atoms with van der Waals surface area (Å²) in [7, 11) is 0. The molecule has 2 atom stereocenters. The third kappa shape index (κ3) is 2.65. The van der Waals surface area contributed by atoms with Crippen molar-refractivity contribution in [3.05, 3.63) is 0 Å². The van der Waals surface area contributed by atoms with Gasteiger partial charge in [-0.15, -0.1) is 0 Å². The lowest BCUT2D eigenvalue weighted by Gasteiger charge is -2.27. The Hall–Kier alpha value is 0.270. The standard InChI is InChI=1S/C8H17NOS/c9-5-7(6-10)8-3-1-2-4-11-8/h7-8,10H,1-6,9H2. The van der Waals surface area contributed by atoms with Crippen LogP contribution < -0.4 is 5.73 Å². The van der Waals surface area contributed by atoms with Crippen LogP contribution in [0.1, 0.15) is 19.3 Å². The molecule has 0 aromatic heterocycles. The molecule has 66 valence electrons. The van der Waals surface area contributed by atoms with E-state index in [-0.39, 0.29) is 6.61 Å². The summed E-state index contributed by atoms with van der Waals surface area (Å²) in [6.07, 6.45) is 3.89. The van der Waals surface area contributed by atoms with Crippen molar-refractivity contribution in [3.63, 3.8) is 0 Å². The molecule has 3 heteroatoms. The normalized spacial score (nSPS) is 28.4. The van der Waals surface area contributed by atoms with E-state index in [1.165, 1.54) is 25.0 Å². The molecule has 0 aliphatic carbocycles. The summed E-state index contributed by atoms with van der Waals surface area (Å²) in [5, 5.41) is 9.61. The molecule has 1 rings (SSSR count). The summed E-state index contributed by atoms with van der Waals surface area (Å²) >= 11 is 1.98. The Bertz CT molecular complexity index is 100. The van der Waals surface area contributed by atoms with Crippen LogP contribution in [-0.4, -0.2) is 29.3 Å². The van der Waals surface area contributed by atoms with Crippen LogP contribution in [0, 0.1) is 5.92 Å². The molecule has 0 saturated carbocycles. The van der Waals surface area contributed by atoms with E-state index < -0.39 is 0 Å². The van der Waals surface area contributed by atoms with Gasteiger partial charge in [0, 0.05) is 17.8 Å². The second-order valence-electron chi connectivity index (χ2n) is 3.08. The van der Waals surface area contributed by atoms with Gasteiger partial charge in [0.05, 0.1) is 0 Å². The van der Waals surface area contributed by atoms with Crippen LogP contribution in [0.5, 0.6) is 0 Å². The zero-order valence-corrected chi connectivity index (χ0v) is 7.65. The molecule has 0 aromatic carbocycles. The topological polar surface area (TPSA) is 46.2 Å². The monoisotopic (exact) mass is 175 g/mol. The van der Waals surface area contributed by atoms with Gasteiger partial charge in [0.25, 0.3) is 0 Å². The first-order chi connectivity index (χ1) is 5.38. The van der Waals surface area contributed by atoms with Crippen LogP contribution in [-0.2, 0) is 0 Å². The zero-order valence-electron chi connectivity index (χ0n) is 6.83. The first kappa shape index (κ1) is 9.36. The molecule has 2 nitrogen and oxygen atoms in total. The second kappa shape index (κ2) is 5.01. The molecule has 1 fully saturated rings. The highest BCUT2D eigenvalue weighted by molar-refractivity contribution is 7.99. The molecule has 1 heterocycles. The molecular formula is C8H17NOS. The van der Waals surface area contributed by atoms with Crippen molar-refractivity contribution in [3.8, 4) is 0 Å². The van der Waals surface area contributed by atoms with Crippen molar-refractivity contribution >= 4 is 11.8 Å². The molecule has 0 radical (unpaired) electrons. The maximum atomic E-state index is 8.98. The van der Waals surface area contributed by atoms with Crippen molar-refractivity contribution in [1.82, 2.24) is 0 Å². The quantitative estimate of drug-likeness (QED) is 0.668. The van der Waals surface area contributed by atoms with Crippen LogP contribution >= 0.6 is 11.8 Å². The van der Waals surface area contributed by atoms with E-state index in [1.54, 1.807) is 0 Å². The third-order valence-electron chi connectivity index (χ3n) is 2.28. The summed E-state index contributed by atoms with van der Waals surface area (Å²) in [5.41, 5.74) is 5.54. The van der Waals surface area contributed by atoms with Gasteiger partial charge in [-0.2, -0.15) is 11.8 Å². The van der Waals surface area contributed by atoms with E-state index in [2.05, 4.69) is 0 Å². The number of aliphatic hydroxyl groups is 1. The minimum absolute atomic E-state index is 0.258. The molecule has 1 saturated heterocycles. The summed E-state index contributed by atoms with van der Waals surface area (Å²) in [6.45, 7) is 0.891. The highest BCUT2D eigenvalue weighted by atomic mass is 32.2. The number of hydrogen-bond acceptors (Lipinski definition) is 3. The fourth-order valence-corrected chi connectivity index (χ4v) is 2.96. The van der Waals surface area contributed by atoms with Gasteiger partial charge < -0.3 is 10.8 Å². The SMILES string of the molecule is NCC(CO)C1CCCCS1. The number of aliphatic hydroxyl groups excluding tert-OH is 1. The van der Waals surface area contributed by atoms with E-state index in [1.807, 2.05) is 11.8 Å². The Kier molecular flexibility index (Phi) is 4.26. The third-order valence-corrected chi connectivity index (χ3v) is 3.85. The van der Waals surface area contributed by atoms with Gasteiger partial charge in [-0.3, -0.25) is 0 Å². The predicted octanol–water partition coefficient (Wildman–Crippen LogP) is 0.839. The van der Waals surface area contributed by atoms with Gasteiger partial charge in [-0.05, 0) is 25.1 Å². The van der Waals surface area contributed by atoms with Crippen molar-refractivity contribution in [2.45, 2.75) is 24.5 Å². The van der Waals surface area contributed by atoms with Gasteiger partial charge >= 0.3 is 0 Å². The highest BCUT2D eigenvalue weighted by Crippen LogP contribution is 2.29. The predicted molar refractivity (Wildman–Crippen MR) is 49.7 cm³/mol. The molecule has 0 spiro atoms. The van der Waals surface area contributed by atoms with Gasteiger partial charge in [-0.25, -0.2) is 0 Å². The van der Waals surface area contributed by atoms with Crippen molar-refractivity contribution in [2.24, 2.45) is 11.7 Å². The highest BCUT2D eigenvalue weighted by Gasteiger charge is 2.21. The lowest BCUT2D eigenvalue weighted by molar-refractivity contribution is 0.223. The molecule has 0 aromatic rings. The number of rotatable bonds is 3. The largest absolute Gasteiger partial charge is 0.396 e. The van der Waals surface area contributed by atoms with Crippen LogP contribution in [0.2, 0.25) is 0 Å². The molecule has 11 heavy (non-hydrogen) atoms. The molecule has 3 N–H and O–H groups in total. The van der Waals surface area contributed by atoms with Gasteiger partial charge in [0.1, 0.15) is 0 Å². The minimum atomic E-state index is 0.258. The van der Waals surface area contributed by atoms with Gasteiger partial charge in [0.2, 0.25) is 0 Å². The fraction of sp³-hybridized carbons (Fsp3) is 1.00. The van der Waals surface area contributed by atoms with E-state index in [9.17, 15) is 0 Å². The summed E-state index contributed by atoms with van der Waals surface area (Å²) in [6, 6.07) is 0. The van der Waals surface area contributed by atoms with Crippen LogP contribution in [0.3, 0.4) is 0 Å². The van der Waals surface area contributed by atoms with E-state index in [0.29, 0.717) is 17.7 Å². The minimum Gasteiger partial charge on any atom is -0.396 e. The average molecular weight is 175 g/mol. The molecular weight excluding hydrogens is 158 g/mol. The Labute approximate surface area is 72.5 Å². The lowest BCUT2D eigenvalue weighted by atomic mass is 10.0.